The Bertz CT molecular complexity index is 3610. The number of carbonyl (C=O) groups is 10. The lowest BCUT2D eigenvalue weighted by molar-refractivity contribution is -0.172. The highest BCUT2D eigenvalue weighted by molar-refractivity contribution is 7.99. The zero-order valence-electron chi connectivity index (χ0n) is 48.6. The van der Waals surface area contributed by atoms with E-state index >= 15 is 4.39 Å². The Labute approximate surface area is 509 Å². The molecule has 6 aromatic rings. The third kappa shape index (κ3) is 16.6. The average Bonchev–Trinajstić information content (AvgIpc) is 3.30. The summed E-state index contributed by atoms with van der Waals surface area (Å²) < 4.78 is 23.9. The first-order valence-corrected chi connectivity index (χ1v) is 29.1. The van der Waals surface area contributed by atoms with Crippen LogP contribution in [0.4, 0.5) is 42.5 Å². The molecular formula is C61H66FN13O12S. The van der Waals surface area contributed by atoms with Crippen molar-refractivity contribution in [2.75, 3.05) is 40.9 Å². The maximum Gasteiger partial charge on any atom is 0.410 e. The van der Waals surface area contributed by atoms with Crippen molar-refractivity contribution in [3.05, 3.63) is 150 Å². The van der Waals surface area contributed by atoms with E-state index in [0.29, 0.717) is 70.5 Å². The van der Waals surface area contributed by atoms with Crippen molar-refractivity contribution in [2.45, 2.75) is 101 Å². The number of urea groups is 1. The average molecular weight is 1220 g/mol. The SMILES string of the molecule is C=CC(=O)Nc1ccc(C(=O)Nc2cccc(Nc3c(F)c(SC4CCN(C(=O)OCc5ccc(NC(=O)[C@H](CCCNC(N)=O)NC(=O)[C@@H](NC(=O)c6ccc(C(=O)ON7C(=O)CCC7=O)cc6)C(C)C)cc5)CC4)nc4c(C(C)C)cnn34)c2)cc1. The van der Waals surface area contributed by atoms with Gasteiger partial charge in [0.1, 0.15) is 23.7 Å². The first-order chi connectivity index (χ1) is 42.1. The third-order valence-electron chi connectivity index (χ3n) is 14.2. The Morgan fingerprint density at radius 2 is 1.40 bits per heavy atom. The number of hydrogen-bond acceptors (Lipinski definition) is 16. The highest BCUT2D eigenvalue weighted by Crippen LogP contribution is 2.37. The summed E-state index contributed by atoms with van der Waals surface area (Å²) in [7, 11) is 0. The van der Waals surface area contributed by atoms with Crippen LogP contribution in [-0.4, -0.2) is 121 Å². The number of imide groups is 1. The quantitative estimate of drug-likeness (QED) is 0.0125. The minimum absolute atomic E-state index is 0.0143. The summed E-state index contributed by atoms with van der Waals surface area (Å²) in [5.41, 5.74) is 9.24. The van der Waals surface area contributed by atoms with Crippen LogP contribution in [0.15, 0.2) is 121 Å². The van der Waals surface area contributed by atoms with Crippen LogP contribution in [0.25, 0.3) is 5.65 Å². The molecule has 27 heteroatoms. The summed E-state index contributed by atoms with van der Waals surface area (Å²) in [6, 6.07) is 21.7. The van der Waals surface area contributed by atoms with E-state index in [4.69, 9.17) is 20.3 Å². The van der Waals surface area contributed by atoms with Crippen molar-refractivity contribution in [1.29, 1.82) is 0 Å². The fourth-order valence-electron chi connectivity index (χ4n) is 9.30. The summed E-state index contributed by atoms with van der Waals surface area (Å²) in [6.45, 7) is 11.5. The third-order valence-corrected chi connectivity index (χ3v) is 15.5. The maximum atomic E-state index is 16.8. The number of carbonyl (C=O) groups excluding carboxylic acids is 10. The van der Waals surface area contributed by atoms with E-state index in [9.17, 15) is 47.9 Å². The topological polar surface area (TPSA) is 336 Å². The molecule has 8 rings (SSSR count). The normalized spacial score (nSPS) is 14.0. The molecule has 4 heterocycles. The largest absolute Gasteiger partial charge is 0.445 e. The highest BCUT2D eigenvalue weighted by atomic mass is 32.2. The lowest BCUT2D eigenvalue weighted by Crippen LogP contribution is -2.54. The van der Waals surface area contributed by atoms with Crippen molar-refractivity contribution >= 4 is 105 Å². The summed E-state index contributed by atoms with van der Waals surface area (Å²) in [6.07, 6.45) is 3.41. The number of likely N-dealkylation sites (tertiary alicyclic amines) is 1. The highest BCUT2D eigenvalue weighted by Gasteiger charge is 2.34. The Morgan fingerprint density at radius 3 is 2.05 bits per heavy atom. The molecular weight excluding hydrogens is 1160 g/mol. The molecule has 0 spiro atoms. The van der Waals surface area contributed by atoms with Gasteiger partial charge in [-0.3, -0.25) is 33.6 Å². The molecule has 0 aliphatic carbocycles. The van der Waals surface area contributed by atoms with Gasteiger partial charge in [-0.25, -0.2) is 19.4 Å². The molecule has 2 aromatic heterocycles. The number of nitrogens with zero attached hydrogens (tertiary/aromatic N) is 5. The van der Waals surface area contributed by atoms with Crippen LogP contribution in [0.3, 0.4) is 0 Å². The van der Waals surface area contributed by atoms with E-state index < -0.39 is 77.4 Å². The fraction of sp³-hybridized carbons (Fsp3) is 0.311. The van der Waals surface area contributed by atoms with Crippen LogP contribution >= 0.6 is 11.8 Å². The Balaban J connectivity index is 0.831. The second kappa shape index (κ2) is 29.3. The van der Waals surface area contributed by atoms with Crippen LogP contribution in [0, 0.1) is 11.7 Å². The number of hydroxylamine groups is 2. The van der Waals surface area contributed by atoms with Gasteiger partial charge in [0.2, 0.25) is 17.7 Å². The van der Waals surface area contributed by atoms with Gasteiger partial charge < -0.3 is 57.4 Å². The molecule has 0 unspecified atom stereocenters. The number of anilines is 5. The van der Waals surface area contributed by atoms with Crippen LogP contribution < -0.4 is 43.0 Å². The van der Waals surface area contributed by atoms with E-state index in [1.54, 1.807) is 97.7 Å². The summed E-state index contributed by atoms with van der Waals surface area (Å²) >= 11 is 1.28. The van der Waals surface area contributed by atoms with Gasteiger partial charge in [0, 0.05) is 77.2 Å². The van der Waals surface area contributed by atoms with Gasteiger partial charge in [-0.05, 0) is 128 Å². The predicted octanol–water partition coefficient (Wildman–Crippen LogP) is 7.55. The molecule has 460 valence electrons. The van der Waals surface area contributed by atoms with Crippen molar-refractivity contribution in [3.63, 3.8) is 0 Å². The number of piperidine rings is 1. The minimum Gasteiger partial charge on any atom is -0.445 e. The van der Waals surface area contributed by atoms with E-state index in [-0.39, 0.29) is 77.9 Å². The molecule has 2 aliphatic rings. The van der Waals surface area contributed by atoms with Crippen molar-refractivity contribution < 1.29 is 61.9 Å². The standard InChI is InChI=1S/C61H66FN13O12S/c1-6-47(76)66-40-22-18-38(19-23-40)54(79)69-43-10-7-9-42(31-43)67-53-50(62)58(72-52-45(34(2)3)32-65-74(52)53)88-44-26-29-73(30-27-44)61(85)86-33-36-12-20-41(21-13-36)68-56(81)46(11-8-28-64-60(63)84)70-57(82)51(35(4)5)71-55(80)37-14-16-39(17-15-37)59(83)87-75-48(77)24-25-49(75)78/h6-7,9-10,12-23,31-32,34-35,44,46,51,67H,1,8,11,24-30,33H2,2-5H3,(H,66,76)(H,68,81)(H,69,79)(H,70,82)(H,71,80)(H3,63,64,84)/t46-,51-/m0/s1. The molecule has 2 saturated heterocycles. The summed E-state index contributed by atoms with van der Waals surface area (Å²) in [5, 5.41) is 24.2. The molecule has 2 fully saturated rings. The Hall–Kier alpha value is -10.2. The molecule has 0 bridgehead atoms. The van der Waals surface area contributed by atoms with Gasteiger partial charge in [0.25, 0.3) is 23.6 Å². The number of primary amides is 1. The van der Waals surface area contributed by atoms with Crippen molar-refractivity contribution in [1.82, 2.24) is 40.5 Å². The van der Waals surface area contributed by atoms with Crippen molar-refractivity contribution in [3.8, 4) is 0 Å². The molecule has 2 aliphatic heterocycles. The number of fused-ring (bicyclic) bond motifs is 1. The number of benzene rings is 4. The van der Waals surface area contributed by atoms with E-state index in [0.717, 1.165) is 11.6 Å². The monoisotopic (exact) mass is 1220 g/mol. The zero-order valence-corrected chi connectivity index (χ0v) is 49.4. The number of hydrogen-bond donors (Lipinski definition) is 8. The van der Waals surface area contributed by atoms with E-state index in [1.165, 1.54) is 40.5 Å². The zero-order chi connectivity index (χ0) is 63.2. The van der Waals surface area contributed by atoms with Crippen LogP contribution in [0.1, 0.15) is 114 Å². The molecule has 25 nitrogen and oxygen atoms in total. The molecule has 88 heavy (non-hydrogen) atoms. The summed E-state index contributed by atoms with van der Waals surface area (Å²) in [5.74, 6) is -6.08. The van der Waals surface area contributed by atoms with E-state index in [1.807, 2.05) is 13.8 Å². The first kappa shape index (κ1) is 63.8. The molecule has 10 amide bonds. The molecule has 0 saturated carbocycles. The number of halogens is 1. The number of aromatic nitrogens is 3. The lowest BCUT2D eigenvalue weighted by atomic mass is 10.0. The van der Waals surface area contributed by atoms with Crippen LogP contribution in [0.5, 0.6) is 0 Å². The number of thioether (sulfide) groups is 1. The minimum atomic E-state index is -1.15. The van der Waals surface area contributed by atoms with Gasteiger partial charge in [-0.1, -0.05) is 64.2 Å². The lowest BCUT2D eigenvalue weighted by Gasteiger charge is -2.31. The molecule has 2 atom stereocenters. The predicted molar refractivity (Wildman–Crippen MR) is 323 cm³/mol. The summed E-state index contributed by atoms with van der Waals surface area (Å²) in [4.78, 5) is 138. The second-order valence-electron chi connectivity index (χ2n) is 21.3. The Kier molecular flexibility index (Phi) is 21.2. The Morgan fingerprint density at radius 1 is 0.773 bits per heavy atom. The van der Waals surface area contributed by atoms with Gasteiger partial charge in [-0.2, -0.15) is 14.0 Å². The number of nitrogens with two attached hydrogens (primary N) is 1. The van der Waals surface area contributed by atoms with Crippen LogP contribution in [-0.2, 0) is 40.2 Å². The molecule has 9 N–H and O–H groups in total. The smallest absolute Gasteiger partial charge is 0.410 e. The second-order valence-corrected chi connectivity index (χ2v) is 22.6. The van der Waals surface area contributed by atoms with Gasteiger partial charge in [-0.15, -0.1) is 5.06 Å². The fourth-order valence-corrected chi connectivity index (χ4v) is 10.4. The first-order valence-electron chi connectivity index (χ1n) is 28.2. The van der Waals surface area contributed by atoms with Crippen LogP contribution in [0.2, 0.25) is 0 Å². The van der Waals surface area contributed by atoms with Crippen molar-refractivity contribution in [2.24, 2.45) is 11.7 Å². The number of nitrogens with one attached hydrogen (secondary N) is 7. The number of ether oxygens (including phenoxy) is 1. The molecule has 0 radical (unpaired) electrons. The van der Waals surface area contributed by atoms with Gasteiger partial charge >= 0.3 is 18.1 Å². The van der Waals surface area contributed by atoms with Gasteiger partial charge in [0.15, 0.2) is 17.3 Å². The van der Waals surface area contributed by atoms with Gasteiger partial charge in [0.05, 0.1) is 11.8 Å². The number of amides is 10. The molecule has 4 aromatic carbocycles. The maximum absolute atomic E-state index is 16.8. The van der Waals surface area contributed by atoms with E-state index in [2.05, 4.69) is 48.9 Å². The number of rotatable bonds is 24.